The van der Waals surface area contributed by atoms with Gasteiger partial charge in [-0.1, -0.05) is 24.1 Å². The molecule has 2 heteroatoms. The largest absolute Gasteiger partial charge is 0.329 e. The molecule has 0 bridgehead atoms. The molecular weight excluding hydrogens is 190 g/mol. The lowest BCUT2D eigenvalue weighted by Crippen LogP contribution is -2.40. The maximum absolute atomic E-state index is 5.83. The summed E-state index contributed by atoms with van der Waals surface area (Å²) in [6.07, 6.45) is 3.90. The second-order valence-electron chi connectivity index (χ2n) is 4.16. The molecule has 1 aliphatic rings. The van der Waals surface area contributed by atoms with E-state index in [-0.39, 0.29) is 0 Å². The van der Waals surface area contributed by atoms with Gasteiger partial charge in [0.1, 0.15) is 0 Å². The summed E-state index contributed by atoms with van der Waals surface area (Å²) in [5.41, 5.74) is 7.15. The van der Waals surface area contributed by atoms with Crippen molar-refractivity contribution >= 4 is 11.8 Å². The maximum atomic E-state index is 5.83. The summed E-state index contributed by atoms with van der Waals surface area (Å²) in [5.74, 6) is 0. The minimum Gasteiger partial charge on any atom is -0.329 e. The highest BCUT2D eigenvalue weighted by atomic mass is 32.2. The average molecular weight is 207 g/mol. The predicted molar refractivity (Wildman–Crippen MR) is 62.7 cm³/mol. The first-order valence-electron chi connectivity index (χ1n) is 5.20. The molecule has 1 aromatic rings. The van der Waals surface area contributed by atoms with Crippen LogP contribution in [-0.2, 0) is 0 Å². The Bertz CT molecular complexity index is 295. The van der Waals surface area contributed by atoms with Crippen LogP contribution in [0.5, 0.6) is 0 Å². The van der Waals surface area contributed by atoms with E-state index in [0.717, 1.165) is 6.54 Å². The van der Waals surface area contributed by atoms with Crippen LogP contribution in [-0.4, -0.2) is 11.3 Å². The number of hydrogen-bond donors (Lipinski definition) is 1. The summed E-state index contributed by atoms with van der Waals surface area (Å²) in [4.78, 5) is 1.36. The van der Waals surface area contributed by atoms with Crippen molar-refractivity contribution in [3.8, 4) is 0 Å². The second kappa shape index (κ2) is 3.95. The van der Waals surface area contributed by atoms with E-state index in [0.29, 0.717) is 4.75 Å². The molecule has 1 aliphatic carbocycles. The van der Waals surface area contributed by atoms with Crippen molar-refractivity contribution in [1.82, 2.24) is 0 Å². The highest BCUT2D eigenvalue weighted by Crippen LogP contribution is 2.46. The van der Waals surface area contributed by atoms with E-state index >= 15 is 0 Å². The summed E-state index contributed by atoms with van der Waals surface area (Å²) in [6, 6.07) is 8.75. The number of thioether (sulfide) groups is 1. The topological polar surface area (TPSA) is 26.0 Å². The third-order valence-electron chi connectivity index (χ3n) is 2.99. The van der Waals surface area contributed by atoms with Crippen LogP contribution in [0.15, 0.2) is 29.2 Å². The first-order valence-corrected chi connectivity index (χ1v) is 6.02. The highest BCUT2D eigenvalue weighted by molar-refractivity contribution is 8.00. The Kier molecular flexibility index (Phi) is 2.84. The minimum atomic E-state index is 0.356. The van der Waals surface area contributed by atoms with Crippen LogP contribution in [0.3, 0.4) is 0 Å². The summed E-state index contributed by atoms with van der Waals surface area (Å²) < 4.78 is 0.356. The molecule has 0 spiro atoms. The molecular formula is C12H17NS. The van der Waals surface area contributed by atoms with E-state index in [1.807, 2.05) is 11.8 Å². The van der Waals surface area contributed by atoms with E-state index in [1.165, 1.54) is 29.7 Å². The van der Waals surface area contributed by atoms with Crippen LogP contribution in [0, 0.1) is 6.92 Å². The third-order valence-corrected chi connectivity index (χ3v) is 4.51. The number of aryl methyl sites for hydroxylation is 1. The van der Waals surface area contributed by atoms with Crippen molar-refractivity contribution in [3.05, 3.63) is 29.8 Å². The van der Waals surface area contributed by atoms with Crippen LogP contribution >= 0.6 is 11.8 Å². The fourth-order valence-corrected chi connectivity index (χ4v) is 3.12. The zero-order chi connectivity index (χ0) is 10.0. The molecule has 0 radical (unpaired) electrons. The van der Waals surface area contributed by atoms with Gasteiger partial charge in [0.2, 0.25) is 0 Å². The molecule has 1 aromatic carbocycles. The average Bonchev–Trinajstić information content (AvgIpc) is 2.15. The van der Waals surface area contributed by atoms with Crippen molar-refractivity contribution in [3.63, 3.8) is 0 Å². The van der Waals surface area contributed by atoms with Gasteiger partial charge in [0.05, 0.1) is 0 Å². The molecule has 14 heavy (non-hydrogen) atoms. The molecule has 0 saturated heterocycles. The lowest BCUT2D eigenvalue weighted by Gasteiger charge is -2.40. The standard InChI is InChI=1S/C12H17NS/c1-10-3-5-11(6-4-10)14-12(9-13)7-2-8-12/h3-6H,2,7-9,13H2,1H3. The van der Waals surface area contributed by atoms with E-state index < -0.39 is 0 Å². The second-order valence-corrected chi connectivity index (χ2v) is 5.70. The fraction of sp³-hybridized carbons (Fsp3) is 0.500. The van der Waals surface area contributed by atoms with Crippen molar-refractivity contribution in [2.24, 2.45) is 5.73 Å². The van der Waals surface area contributed by atoms with E-state index in [1.54, 1.807) is 0 Å². The lowest BCUT2D eigenvalue weighted by molar-refractivity contribution is 0.371. The Morgan fingerprint density at radius 3 is 2.36 bits per heavy atom. The molecule has 1 fully saturated rings. The Balaban J connectivity index is 2.06. The van der Waals surface area contributed by atoms with Crippen LogP contribution < -0.4 is 5.73 Å². The van der Waals surface area contributed by atoms with Gasteiger partial charge in [0.15, 0.2) is 0 Å². The Labute approximate surface area is 90.1 Å². The van der Waals surface area contributed by atoms with Crippen LogP contribution in [0.1, 0.15) is 24.8 Å². The molecule has 0 atom stereocenters. The number of rotatable bonds is 3. The van der Waals surface area contributed by atoms with Gasteiger partial charge in [-0.3, -0.25) is 0 Å². The normalized spacial score (nSPS) is 19.0. The number of hydrogen-bond acceptors (Lipinski definition) is 2. The molecule has 0 aliphatic heterocycles. The molecule has 0 heterocycles. The zero-order valence-electron chi connectivity index (χ0n) is 8.62. The van der Waals surface area contributed by atoms with Crippen molar-refractivity contribution in [2.45, 2.75) is 35.8 Å². The van der Waals surface area contributed by atoms with Gasteiger partial charge in [-0.15, -0.1) is 11.8 Å². The zero-order valence-corrected chi connectivity index (χ0v) is 9.44. The first-order chi connectivity index (χ1) is 6.74. The molecule has 2 N–H and O–H groups in total. The fourth-order valence-electron chi connectivity index (χ4n) is 1.78. The highest BCUT2D eigenvalue weighted by Gasteiger charge is 2.36. The quantitative estimate of drug-likeness (QED) is 0.824. The third kappa shape index (κ3) is 1.96. The van der Waals surface area contributed by atoms with Crippen molar-refractivity contribution in [2.75, 3.05) is 6.54 Å². The molecule has 0 amide bonds. The van der Waals surface area contributed by atoms with E-state index in [9.17, 15) is 0 Å². The van der Waals surface area contributed by atoms with Crippen molar-refractivity contribution < 1.29 is 0 Å². The molecule has 1 saturated carbocycles. The Morgan fingerprint density at radius 1 is 1.29 bits per heavy atom. The van der Waals surface area contributed by atoms with Gasteiger partial charge in [-0.25, -0.2) is 0 Å². The number of nitrogens with two attached hydrogens (primary N) is 1. The maximum Gasteiger partial charge on any atom is 0.0329 e. The monoisotopic (exact) mass is 207 g/mol. The van der Waals surface area contributed by atoms with Crippen molar-refractivity contribution in [1.29, 1.82) is 0 Å². The lowest BCUT2D eigenvalue weighted by atomic mass is 9.84. The predicted octanol–water partition coefficient (Wildman–Crippen LogP) is 2.97. The van der Waals surface area contributed by atoms with Gasteiger partial charge < -0.3 is 5.73 Å². The minimum absolute atomic E-state index is 0.356. The summed E-state index contributed by atoms with van der Waals surface area (Å²) in [5, 5.41) is 0. The van der Waals surface area contributed by atoms with E-state index in [2.05, 4.69) is 31.2 Å². The SMILES string of the molecule is Cc1ccc(SC2(CN)CCC2)cc1. The molecule has 2 rings (SSSR count). The van der Waals surface area contributed by atoms with Crippen LogP contribution in [0.2, 0.25) is 0 Å². The van der Waals surface area contributed by atoms with Gasteiger partial charge in [0.25, 0.3) is 0 Å². The smallest absolute Gasteiger partial charge is 0.0329 e. The van der Waals surface area contributed by atoms with E-state index in [4.69, 9.17) is 5.73 Å². The molecule has 1 nitrogen and oxygen atoms in total. The van der Waals surface area contributed by atoms with Gasteiger partial charge in [-0.05, 0) is 31.9 Å². The molecule has 76 valence electrons. The summed E-state index contributed by atoms with van der Waals surface area (Å²) >= 11 is 1.96. The molecule has 0 aromatic heterocycles. The molecule has 0 unspecified atom stereocenters. The van der Waals surface area contributed by atoms with Crippen LogP contribution in [0.4, 0.5) is 0 Å². The Hall–Kier alpha value is -0.470. The first kappa shape index (κ1) is 10.1. The van der Waals surface area contributed by atoms with Gasteiger partial charge in [-0.2, -0.15) is 0 Å². The van der Waals surface area contributed by atoms with Gasteiger partial charge >= 0.3 is 0 Å². The number of benzene rings is 1. The Morgan fingerprint density at radius 2 is 1.93 bits per heavy atom. The van der Waals surface area contributed by atoms with Gasteiger partial charge in [0, 0.05) is 16.2 Å². The van der Waals surface area contributed by atoms with Crippen LogP contribution in [0.25, 0.3) is 0 Å². The summed E-state index contributed by atoms with van der Waals surface area (Å²) in [6.45, 7) is 2.93. The summed E-state index contributed by atoms with van der Waals surface area (Å²) in [7, 11) is 0.